The topological polar surface area (TPSA) is 116 Å². The first-order valence-corrected chi connectivity index (χ1v) is 18.6. The second-order valence-corrected chi connectivity index (χ2v) is 15.5. The molecule has 1 saturated heterocycles. The van der Waals surface area contributed by atoms with Crippen molar-refractivity contribution in [3.05, 3.63) is 89.0 Å². The number of sulfone groups is 1. The molecule has 3 aliphatic rings. The van der Waals surface area contributed by atoms with Crippen LogP contribution in [-0.4, -0.2) is 74.1 Å². The van der Waals surface area contributed by atoms with Crippen LogP contribution in [0, 0.1) is 0 Å². The molecule has 0 bridgehead atoms. The molecule has 1 atom stereocenters. The summed E-state index contributed by atoms with van der Waals surface area (Å²) in [5.74, 6) is 0.548. The summed E-state index contributed by atoms with van der Waals surface area (Å²) < 4.78 is 29.2. The maximum Gasteiger partial charge on any atom is 0.253 e. The molecule has 3 N–H and O–H groups in total. The Hall–Kier alpha value is -3.40. The quantitative estimate of drug-likeness (QED) is 0.287. The maximum absolute atomic E-state index is 13.4. The summed E-state index contributed by atoms with van der Waals surface area (Å²) in [7, 11) is -3.59. The Morgan fingerprint density at radius 2 is 1.72 bits per heavy atom. The molecule has 8 nitrogen and oxygen atoms in total. The van der Waals surface area contributed by atoms with Gasteiger partial charge in [-0.25, -0.2) is 8.42 Å². The number of benzene rings is 3. The lowest BCUT2D eigenvalue weighted by molar-refractivity contribution is 0.0652. The normalized spacial score (nSPS) is 21.8. The van der Waals surface area contributed by atoms with Crippen molar-refractivity contribution in [2.75, 3.05) is 32.5 Å². The number of aryl methyl sites for hydroxylation is 1. The van der Waals surface area contributed by atoms with E-state index < -0.39 is 15.9 Å². The summed E-state index contributed by atoms with van der Waals surface area (Å²) in [5, 5.41) is 23.7. The van der Waals surface area contributed by atoms with E-state index in [4.69, 9.17) is 4.74 Å². The molecule has 3 aromatic rings. The van der Waals surface area contributed by atoms with Crippen molar-refractivity contribution in [3.63, 3.8) is 0 Å². The van der Waals surface area contributed by atoms with Crippen LogP contribution in [0.3, 0.4) is 0 Å². The number of likely N-dealkylation sites (tertiary alicyclic amines) is 1. The monoisotopic (exact) mass is 646 g/mol. The van der Waals surface area contributed by atoms with E-state index >= 15 is 0 Å². The number of carbonyl (C=O) groups is 1. The summed E-state index contributed by atoms with van der Waals surface area (Å²) in [5.41, 5.74) is 5.30. The molecule has 1 amide bonds. The van der Waals surface area contributed by atoms with Crippen molar-refractivity contribution in [3.8, 4) is 11.5 Å². The zero-order valence-electron chi connectivity index (χ0n) is 26.7. The van der Waals surface area contributed by atoms with Crippen LogP contribution in [0.2, 0.25) is 0 Å². The van der Waals surface area contributed by atoms with Gasteiger partial charge in [0.2, 0.25) is 0 Å². The molecule has 46 heavy (non-hydrogen) atoms. The largest absolute Gasteiger partial charge is 0.507 e. The molecule has 0 radical (unpaired) electrons. The molecule has 2 fully saturated rings. The van der Waals surface area contributed by atoms with E-state index in [1.165, 1.54) is 54.2 Å². The molecule has 1 aliphatic heterocycles. The first-order valence-electron chi connectivity index (χ1n) is 16.7. The Morgan fingerprint density at radius 3 is 2.43 bits per heavy atom. The Balaban J connectivity index is 0.935. The number of carbonyl (C=O) groups excluding carboxylic acids is 1. The van der Waals surface area contributed by atoms with Gasteiger partial charge in [0.25, 0.3) is 5.91 Å². The van der Waals surface area contributed by atoms with Gasteiger partial charge in [-0.05, 0) is 110 Å². The number of fused-ring (bicyclic) bond motifs is 2. The average Bonchev–Trinajstić information content (AvgIpc) is 3.07. The van der Waals surface area contributed by atoms with E-state index in [9.17, 15) is 23.4 Å². The van der Waals surface area contributed by atoms with Gasteiger partial charge in [0.1, 0.15) is 29.1 Å². The standard InChI is InChI=1S/C37H46N2O6S/c1-46(43,44)35-23-32(16-17-34(35)41)45-25-31(40)24-38-30-14-12-27(13-15-30)26-8-10-29(11-9-26)36(42)39-21-19-37(20-22-39)18-4-6-28-5-2-3-7-33(28)37/h2-3,5,7-11,16-17,23,27,30-31,38,40-41H,4,6,12-15,18-22,24-25H2,1H3/t27?,30?,31-/m0/s1. The van der Waals surface area contributed by atoms with Gasteiger partial charge in [-0.2, -0.15) is 0 Å². The SMILES string of the molecule is CS(=O)(=O)c1cc(OC[C@@H](O)CNC2CCC(c3ccc(C(=O)N4CCC5(CCCc6ccccc65)CC4)cc3)CC2)ccc1O. The van der Waals surface area contributed by atoms with Crippen LogP contribution >= 0.6 is 0 Å². The number of aromatic hydroxyl groups is 1. The zero-order chi connectivity index (χ0) is 32.3. The fourth-order valence-electron chi connectivity index (χ4n) is 7.81. The summed E-state index contributed by atoms with van der Waals surface area (Å²) in [6.07, 6.45) is 10.0. The smallest absolute Gasteiger partial charge is 0.253 e. The van der Waals surface area contributed by atoms with E-state index in [1.54, 1.807) is 0 Å². The van der Waals surface area contributed by atoms with E-state index in [2.05, 4.69) is 41.7 Å². The lowest BCUT2D eigenvalue weighted by Gasteiger charge is -2.45. The maximum atomic E-state index is 13.4. The number of hydrogen-bond donors (Lipinski definition) is 3. The lowest BCUT2D eigenvalue weighted by Crippen LogP contribution is -2.46. The van der Waals surface area contributed by atoms with Gasteiger partial charge >= 0.3 is 0 Å². The lowest BCUT2D eigenvalue weighted by atomic mass is 9.65. The molecule has 1 saturated carbocycles. The van der Waals surface area contributed by atoms with E-state index in [0.717, 1.165) is 63.4 Å². The van der Waals surface area contributed by atoms with Crippen LogP contribution in [0.15, 0.2) is 71.6 Å². The van der Waals surface area contributed by atoms with Crippen LogP contribution in [0.4, 0.5) is 0 Å². The van der Waals surface area contributed by atoms with Crippen molar-refractivity contribution in [2.45, 2.75) is 86.2 Å². The van der Waals surface area contributed by atoms with Crippen molar-refractivity contribution in [1.82, 2.24) is 10.2 Å². The number of aliphatic hydroxyl groups excluding tert-OH is 1. The average molecular weight is 647 g/mol. The van der Waals surface area contributed by atoms with Gasteiger partial charge in [0.05, 0.1) is 0 Å². The number of hydrogen-bond acceptors (Lipinski definition) is 7. The minimum Gasteiger partial charge on any atom is -0.507 e. The number of rotatable bonds is 9. The fourth-order valence-corrected chi connectivity index (χ4v) is 8.59. The number of nitrogens with zero attached hydrogens (tertiary/aromatic N) is 1. The molecule has 0 unspecified atom stereocenters. The van der Waals surface area contributed by atoms with E-state index in [-0.39, 0.29) is 34.3 Å². The highest BCUT2D eigenvalue weighted by atomic mass is 32.2. The van der Waals surface area contributed by atoms with Crippen molar-refractivity contribution in [2.24, 2.45) is 0 Å². The van der Waals surface area contributed by atoms with Crippen molar-refractivity contribution >= 4 is 15.7 Å². The molecule has 2 aliphatic carbocycles. The summed E-state index contributed by atoms with van der Waals surface area (Å²) in [4.78, 5) is 15.3. The number of aliphatic hydroxyl groups is 1. The first-order chi connectivity index (χ1) is 22.1. The van der Waals surface area contributed by atoms with Gasteiger partial charge < -0.3 is 25.2 Å². The molecule has 9 heteroatoms. The molecular formula is C37H46N2O6S. The Morgan fingerprint density at radius 1 is 1.00 bits per heavy atom. The fraction of sp³-hybridized carbons (Fsp3) is 0.486. The highest BCUT2D eigenvalue weighted by molar-refractivity contribution is 7.90. The molecular weight excluding hydrogens is 600 g/mol. The number of amides is 1. The highest BCUT2D eigenvalue weighted by Crippen LogP contribution is 2.45. The third kappa shape index (κ3) is 7.27. The second kappa shape index (κ2) is 13.8. The van der Waals surface area contributed by atoms with Crippen LogP contribution in [0.25, 0.3) is 0 Å². The summed E-state index contributed by atoms with van der Waals surface area (Å²) in [6, 6.07) is 21.5. The van der Waals surface area contributed by atoms with Gasteiger partial charge in [0, 0.05) is 43.6 Å². The number of ether oxygens (including phenoxy) is 1. The minimum atomic E-state index is -3.59. The highest BCUT2D eigenvalue weighted by Gasteiger charge is 2.40. The number of phenols is 1. The number of piperidine rings is 1. The third-order valence-corrected chi connectivity index (χ3v) is 11.6. The van der Waals surface area contributed by atoms with Gasteiger partial charge in [-0.15, -0.1) is 0 Å². The number of nitrogens with one attached hydrogen (secondary N) is 1. The zero-order valence-corrected chi connectivity index (χ0v) is 27.5. The van der Waals surface area contributed by atoms with Crippen molar-refractivity contribution in [1.29, 1.82) is 0 Å². The molecule has 0 aromatic heterocycles. The Kier molecular flexibility index (Phi) is 9.73. The van der Waals surface area contributed by atoms with Crippen LogP contribution in [0.5, 0.6) is 11.5 Å². The molecule has 246 valence electrons. The Labute approximate surface area is 272 Å². The van der Waals surface area contributed by atoms with Gasteiger partial charge in [0.15, 0.2) is 9.84 Å². The van der Waals surface area contributed by atoms with E-state index in [0.29, 0.717) is 18.5 Å². The predicted molar refractivity (Wildman–Crippen MR) is 178 cm³/mol. The molecule has 1 heterocycles. The van der Waals surface area contributed by atoms with Crippen molar-refractivity contribution < 1.29 is 28.2 Å². The van der Waals surface area contributed by atoms with Gasteiger partial charge in [-0.1, -0.05) is 36.4 Å². The van der Waals surface area contributed by atoms with E-state index in [1.807, 2.05) is 17.0 Å². The van der Waals surface area contributed by atoms with Crippen LogP contribution in [0.1, 0.15) is 84.3 Å². The minimum absolute atomic E-state index is 0.00759. The molecule has 1 spiro atoms. The molecule has 6 rings (SSSR count). The predicted octanol–water partition coefficient (Wildman–Crippen LogP) is 5.36. The molecule has 3 aromatic carbocycles. The Bertz CT molecular complexity index is 1620. The third-order valence-electron chi connectivity index (χ3n) is 10.5. The van der Waals surface area contributed by atoms with Crippen LogP contribution < -0.4 is 10.1 Å². The number of phenolic OH excluding ortho intramolecular Hbond substituents is 1. The van der Waals surface area contributed by atoms with Crippen LogP contribution in [-0.2, 0) is 21.7 Å². The summed E-state index contributed by atoms with van der Waals surface area (Å²) in [6.45, 7) is 2.00. The second-order valence-electron chi connectivity index (χ2n) is 13.5. The van der Waals surface area contributed by atoms with Gasteiger partial charge in [-0.3, -0.25) is 4.79 Å². The first kappa shape index (κ1) is 32.5. The summed E-state index contributed by atoms with van der Waals surface area (Å²) >= 11 is 0.